The maximum Gasteiger partial charge on any atom is 0.322 e. The molecule has 0 rings (SSSR count). The number of nitrogens with one attached hydrogen (secondary N) is 2. The smallest absolute Gasteiger partial charge is 0.322 e. The number of carboxylic acids is 1. The number of amides is 1. The van der Waals surface area contributed by atoms with Gasteiger partial charge in [0.05, 0.1) is 6.04 Å². The van der Waals surface area contributed by atoms with Gasteiger partial charge >= 0.3 is 5.97 Å². The SMILES string of the molecule is CN=C(N)N(C)CCC[C@@H](NC)C(=O)NCC(=O)O. The van der Waals surface area contributed by atoms with E-state index in [4.69, 9.17) is 10.8 Å². The summed E-state index contributed by atoms with van der Waals surface area (Å²) in [7, 11) is 5.10. The van der Waals surface area contributed by atoms with E-state index in [0.29, 0.717) is 18.9 Å². The number of aliphatic carboxylic acids is 1. The van der Waals surface area contributed by atoms with Gasteiger partial charge in [0.25, 0.3) is 0 Å². The number of guanidine groups is 1. The van der Waals surface area contributed by atoms with Gasteiger partial charge in [0.15, 0.2) is 5.96 Å². The van der Waals surface area contributed by atoms with Gasteiger partial charge in [0.1, 0.15) is 6.54 Å². The van der Waals surface area contributed by atoms with Crippen LogP contribution in [-0.2, 0) is 9.59 Å². The molecule has 0 heterocycles. The summed E-state index contributed by atoms with van der Waals surface area (Å²) in [6.07, 6.45) is 1.32. The average Bonchev–Trinajstić information content (AvgIpc) is 2.39. The van der Waals surface area contributed by atoms with Crippen molar-refractivity contribution in [3.05, 3.63) is 0 Å². The highest BCUT2D eigenvalue weighted by Gasteiger charge is 2.16. The van der Waals surface area contributed by atoms with E-state index in [1.165, 1.54) is 0 Å². The normalized spacial score (nSPS) is 12.9. The van der Waals surface area contributed by atoms with Gasteiger partial charge in [0, 0.05) is 20.6 Å². The van der Waals surface area contributed by atoms with Crippen molar-refractivity contribution in [1.29, 1.82) is 0 Å². The lowest BCUT2D eigenvalue weighted by molar-refractivity contribution is -0.138. The molecule has 0 aliphatic carbocycles. The molecule has 0 saturated heterocycles. The van der Waals surface area contributed by atoms with E-state index < -0.39 is 12.0 Å². The summed E-state index contributed by atoms with van der Waals surface area (Å²) in [5, 5.41) is 13.7. The number of carbonyl (C=O) groups is 2. The van der Waals surface area contributed by atoms with Crippen LogP contribution in [-0.4, -0.2) is 68.1 Å². The summed E-state index contributed by atoms with van der Waals surface area (Å²) in [5.74, 6) is -0.934. The minimum atomic E-state index is -1.06. The Labute approximate surface area is 113 Å². The number of carbonyl (C=O) groups excluding carboxylic acids is 1. The number of nitrogens with zero attached hydrogens (tertiary/aromatic N) is 2. The van der Waals surface area contributed by atoms with E-state index in [0.717, 1.165) is 6.42 Å². The van der Waals surface area contributed by atoms with Crippen LogP contribution < -0.4 is 16.4 Å². The molecule has 8 heteroatoms. The zero-order chi connectivity index (χ0) is 14.8. The van der Waals surface area contributed by atoms with E-state index in [1.54, 1.807) is 19.0 Å². The van der Waals surface area contributed by atoms with E-state index in [-0.39, 0.29) is 12.5 Å². The molecule has 0 aliphatic heterocycles. The van der Waals surface area contributed by atoms with Crippen LogP contribution in [0.4, 0.5) is 0 Å². The third-order valence-electron chi connectivity index (χ3n) is 2.69. The maximum absolute atomic E-state index is 11.6. The van der Waals surface area contributed by atoms with Crippen LogP contribution >= 0.6 is 0 Å². The second-order valence-corrected chi connectivity index (χ2v) is 4.10. The first kappa shape index (κ1) is 17.2. The zero-order valence-corrected chi connectivity index (χ0v) is 11.6. The Balaban J connectivity index is 4.06. The lowest BCUT2D eigenvalue weighted by atomic mass is 10.1. The van der Waals surface area contributed by atoms with E-state index >= 15 is 0 Å². The van der Waals surface area contributed by atoms with Crippen molar-refractivity contribution in [2.24, 2.45) is 10.7 Å². The Morgan fingerprint density at radius 3 is 2.58 bits per heavy atom. The predicted molar refractivity (Wildman–Crippen MR) is 72.9 cm³/mol. The van der Waals surface area contributed by atoms with Gasteiger partial charge < -0.3 is 26.4 Å². The van der Waals surface area contributed by atoms with E-state index in [9.17, 15) is 9.59 Å². The molecule has 0 fully saturated rings. The van der Waals surface area contributed by atoms with Crippen molar-refractivity contribution in [3.63, 3.8) is 0 Å². The van der Waals surface area contributed by atoms with Gasteiger partial charge in [-0.1, -0.05) is 0 Å². The molecule has 0 aliphatic rings. The monoisotopic (exact) mass is 273 g/mol. The van der Waals surface area contributed by atoms with Gasteiger partial charge in [-0.15, -0.1) is 0 Å². The summed E-state index contributed by atoms with van der Waals surface area (Å²) in [4.78, 5) is 27.6. The first-order chi connectivity index (χ1) is 8.92. The molecular formula is C11H23N5O3. The van der Waals surface area contributed by atoms with Crippen LogP contribution in [0.25, 0.3) is 0 Å². The Kier molecular flexibility index (Phi) is 8.27. The molecule has 1 atom stereocenters. The summed E-state index contributed by atoms with van der Waals surface area (Å²) in [6.45, 7) is 0.305. The Morgan fingerprint density at radius 1 is 1.47 bits per heavy atom. The molecule has 0 aromatic carbocycles. The highest BCUT2D eigenvalue weighted by molar-refractivity contribution is 5.85. The zero-order valence-electron chi connectivity index (χ0n) is 11.6. The Bertz CT molecular complexity index is 332. The topological polar surface area (TPSA) is 120 Å². The lowest BCUT2D eigenvalue weighted by Crippen LogP contribution is -2.44. The molecule has 1 amide bonds. The fourth-order valence-electron chi connectivity index (χ4n) is 1.51. The first-order valence-electron chi connectivity index (χ1n) is 6.02. The number of nitrogens with two attached hydrogens (primary N) is 1. The Hall–Kier alpha value is -1.83. The number of hydrogen-bond acceptors (Lipinski definition) is 4. The molecular weight excluding hydrogens is 250 g/mol. The van der Waals surface area contributed by atoms with Crippen molar-refractivity contribution < 1.29 is 14.7 Å². The minimum Gasteiger partial charge on any atom is -0.480 e. The third kappa shape index (κ3) is 7.24. The van der Waals surface area contributed by atoms with Crippen LogP contribution in [0.2, 0.25) is 0 Å². The van der Waals surface area contributed by atoms with Crippen LogP contribution in [0.1, 0.15) is 12.8 Å². The molecule has 110 valence electrons. The molecule has 0 unspecified atom stereocenters. The molecule has 0 spiro atoms. The Morgan fingerprint density at radius 2 is 2.11 bits per heavy atom. The van der Waals surface area contributed by atoms with E-state index in [1.807, 2.05) is 7.05 Å². The molecule has 0 radical (unpaired) electrons. The van der Waals surface area contributed by atoms with Crippen LogP contribution in [0.3, 0.4) is 0 Å². The number of hydrogen-bond donors (Lipinski definition) is 4. The molecule has 0 aromatic heterocycles. The maximum atomic E-state index is 11.6. The highest BCUT2D eigenvalue weighted by Crippen LogP contribution is 1.99. The fourth-order valence-corrected chi connectivity index (χ4v) is 1.51. The van der Waals surface area contributed by atoms with Gasteiger partial charge in [-0.25, -0.2) is 0 Å². The molecule has 0 saturated carbocycles. The number of carboxylic acid groups (broad SMARTS) is 1. The van der Waals surface area contributed by atoms with Gasteiger partial charge in [-0.05, 0) is 19.9 Å². The van der Waals surface area contributed by atoms with Gasteiger partial charge in [0.2, 0.25) is 5.91 Å². The average molecular weight is 273 g/mol. The minimum absolute atomic E-state index is 0.315. The first-order valence-corrected chi connectivity index (χ1v) is 6.02. The van der Waals surface area contributed by atoms with Gasteiger partial charge in [-0.3, -0.25) is 14.6 Å². The molecule has 0 bridgehead atoms. The summed E-state index contributed by atoms with van der Waals surface area (Å²) in [6, 6.07) is -0.410. The van der Waals surface area contributed by atoms with E-state index in [2.05, 4.69) is 15.6 Å². The number of aliphatic imine (C=N–C) groups is 1. The summed E-state index contributed by atoms with van der Waals surface area (Å²) < 4.78 is 0. The lowest BCUT2D eigenvalue weighted by Gasteiger charge is -2.20. The second-order valence-electron chi connectivity index (χ2n) is 4.10. The number of rotatable bonds is 8. The molecule has 8 nitrogen and oxygen atoms in total. The van der Waals surface area contributed by atoms with Crippen molar-refractivity contribution in [3.8, 4) is 0 Å². The van der Waals surface area contributed by atoms with Crippen molar-refractivity contribution in [1.82, 2.24) is 15.5 Å². The summed E-state index contributed by atoms with van der Waals surface area (Å²) in [5.41, 5.74) is 5.62. The standard InChI is InChI=1S/C11H23N5O3/c1-13-8(10(19)15-7-9(17)18)5-4-6-16(3)11(12)14-2/h8,13H,4-7H2,1-3H3,(H2,12,14)(H,15,19)(H,17,18)/t8-/m1/s1. The van der Waals surface area contributed by atoms with Crippen LogP contribution in [0.5, 0.6) is 0 Å². The van der Waals surface area contributed by atoms with Crippen molar-refractivity contribution in [2.75, 3.05) is 34.2 Å². The predicted octanol–water partition coefficient (Wildman–Crippen LogP) is -1.57. The number of likely N-dealkylation sites (N-methyl/N-ethyl adjacent to an activating group) is 1. The quantitative estimate of drug-likeness (QED) is 0.313. The second kappa shape index (κ2) is 9.15. The fraction of sp³-hybridized carbons (Fsp3) is 0.727. The molecule has 19 heavy (non-hydrogen) atoms. The van der Waals surface area contributed by atoms with Crippen molar-refractivity contribution >= 4 is 17.8 Å². The van der Waals surface area contributed by atoms with Crippen LogP contribution in [0.15, 0.2) is 4.99 Å². The van der Waals surface area contributed by atoms with Crippen LogP contribution in [0, 0.1) is 0 Å². The largest absolute Gasteiger partial charge is 0.480 e. The van der Waals surface area contributed by atoms with Gasteiger partial charge in [-0.2, -0.15) is 0 Å². The highest BCUT2D eigenvalue weighted by atomic mass is 16.4. The molecule has 0 aromatic rings. The third-order valence-corrected chi connectivity index (χ3v) is 2.69. The molecule has 5 N–H and O–H groups in total. The summed E-state index contributed by atoms with van der Waals surface area (Å²) >= 11 is 0. The van der Waals surface area contributed by atoms with Crippen molar-refractivity contribution in [2.45, 2.75) is 18.9 Å².